The van der Waals surface area contributed by atoms with E-state index in [0.717, 1.165) is 27.6 Å². The molecule has 0 aliphatic heterocycles. The number of nitrogens with zero attached hydrogens (tertiary/aromatic N) is 2. The summed E-state index contributed by atoms with van der Waals surface area (Å²) in [5.41, 5.74) is 6.17. The van der Waals surface area contributed by atoms with Gasteiger partial charge in [0.2, 0.25) is 5.91 Å². The number of thiazole rings is 1. The smallest absolute Gasteiger partial charge is 0.230 e. The second-order valence-electron chi connectivity index (χ2n) is 6.46. The van der Waals surface area contributed by atoms with Crippen molar-refractivity contribution in [3.8, 4) is 11.3 Å². The summed E-state index contributed by atoms with van der Waals surface area (Å²) in [4.78, 5) is 18.0. The molecule has 0 radical (unpaired) electrons. The summed E-state index contributed by atoms with van der Waals surface area (Å²) in [6, 6.07) is 16.1. The van der Waals surface area contributed by atoms with Gasteiger partial charge in [-0.25, -0.2) is 4.98 Å². The largest absolute Gasteiger partial charge is 0.326 e. The molecule has 0 unspecified atom stereocenters. The van der Waals surface area contributed by atoms with Crippen LogP contribution in [-0.2, 0) is 11.2 Å². The number of hydrogen-bond donors (Lipinski definition) is 1. The molecule has 0 bridgehead atoms. The number of carbonyl (C=O) groups excluding carboxylic acids is 1. The van der Waals surface area contributed by atoms with Gasteiger partial charge in [-0.1, -0.05) is 47.5 Å². The van der Waals surface area contributed by atoms with Gasteiger partial charge in [0.25, 0.3) is 0 Å². The van der Waals surface area contributed by atoms with Crippen molar-refractivity contribution in [2.45, 2.75) is 20.3 Å². The zero-order chi connectivity index (χ0) is 18.1. The number of nitrogens with one attached hydrogen (secondary N) is 1. The van der Waals surface area contributed by atoms with Crippen molar-refractivity contribution in [3.05, 3.63) is 76.9 Å². The summed E-state index contributed by atoms with van der Waals surface area (Å²) in [5, 5.41) is 4.94. The molecule has 0 atom stereocenters. The SMILES string of the molecule is Cc1ccc(NC(=O)Cc2csc3nc(-c4ccc(C)cc4)cn23)cc1. The molecular formula is C21H19N3OS. The molecule has 4 rings (SSSR count). The lowest BCUT2D eigenvalue weighted by atomic mass is 10.1. The van der Waals surface area contributed by atoms with E-state index in [2.05, 4.69) is 41.5 Å². The molecule has 0 saturated carbocycles. The summed E-state index contributed by atoms with van der Waals surface area (Å²) in [6.45, 7) is 4.10. The first-order valence-electron chi connectivity index (χ1n) is 8.47. The lowest BCUT2D eigenvalue weighted by Gasteiger charge is -2.05. The number of carbonyl (C=O) groups is 1. The molecule has 0 aliphatic carbocycles. The van der Waals surface area contributed by atoms with Crippen molar-refractivity contribution in [2.75, 3.05) is 5.32 Å². The fourth-order valence-electron chi connectivity index (χ4n) is 2.83. The van der Waals surface area contributed by atoms with Crippen molar-refractivity contribution in [1.29, 1.82) is 0 Å². The first kappa shape index (κ1) is 16.5. The highest BCUT2D eigenvalue weighted by atomic mass is 32.1. The van der Waals surface area contributed by atoms with Crippen LogP contribution < -0.4 is 5.32 Å². The number of fused-ring (bicyclic) bond motifs is 1. The van der Waals surface area contributed by atoms with E-state index in [1.165, 1.54) is 11.1 Å². The van der Waals surface area contributed by atoms with E-state index in [9.17, 15) is 4.79 Å². The summed E-state index contributed by atoms with van der Waals surface area (Å²) < 4.78 is 2.01. The molecule has 0 fully saturated rings. The van der Waals surface area contributed by atoms with Crippen LogP contribution in [0.2, 0.25) is 0 Å². The van der Waals surface area contributed by atoms with Crippen molar-refractivity contribution >= 4 is 27.9 Å². The van der Waals surface area contributed by atoms with Gasteiger partial charge in [0.1, 0.15) is 0 Å². The Bertz CT molecular complexity index is 1060. The third-order valence-corrected chi connectivity index (χ3v) is 5.20. The lowest BCUT2D eigenvalue weighted by molar-refractivity contribution is -0.115. The number of aromatic nitrogens is 2. The monoisotopic (exact) mass is 361 g/mol. The molecule has 5 heteroatoms. The molecule has 0 spiro atoms. The van der Waals surface area contributed by atoms with Crippen LogP contribution in [0.1, 0.15) is 16.8 Å². The molecule has 2 aromatic heterocycles. The Morgan fingerprint density at radius 2 is 1.69 bits per heavy atom. The van der Waals surface area contributed by atoms with Gasteiger partial charge in [0.05, 0.1) is 12.1 Å². The Kier molecular flexibility index (Phi) is 4.31. The van der Waals surface area contributed by atoms with Crippen LogP contribution in [0.4, 0.5) is 5.69 Å². The van der Waals surface area contributed by atoms with E-state index < -0.39 is 0 Å². The Hall–Kier alpha value is -2.92. The van der Waals surface area contributed by atoms with Crippen LogP contribution in [0, 0.1) is 13.8 Å². The maximum atomic E-state index is 12.4. The van der Waals surface area contributed by atoms with Crippen LogP contribution in [0.25, 0.3) is 16.2 Å². The van der Waals surface area contributed by atoms with E-state index in [4.69, 9.17) is 0 Å². The van der Waals surface area contributed by atoms with E-state index in [0.29, 0.717) is 6.42 Å². The zero-order valence-electron chi connectivity index (χ0n) is 14.7. The number of anilines is 1. The van der Waals surface area contributed by atoms with E-state index in [1.54, 1.807) is 11.3 Å². The molecule has 1 N–H and O–H groups in total. The number of hydrogen-bond acceptors (Lipinski definition) is 3. The van der Waals surface area contributed by atoms with Crippen molar-refractivity contribution < 1.29 is 4.79 Å². The normalized spacial score (nSPS) is 11.0. The fourth-order valence-corrected chi connectivity index (χ4v) is 3.70. The van der Waals surface area contributed by atoms with Crippen LogP contribution in [0.3, 0.4) is 0 Å². The second-order valence-corrected chi connectivity index (χ2v) is 7.30. The Morgan fingerprint density at radius 3 is 2.38 bits per heavy atom. The predicted octanol–water partition coefficient (Wildman–Crippen LogP) is 4.86. The van der Waals surface area contributed by atoms with E-state index in [-0.39, 0.29) is 5.91 Å². The Morgan fingerprint density at radius 1 is 1.04 bits per heavy atom. The lowest BCUT2D eigenvalue weighted by Crippen LogP contribution is -2.15. The number of benzene rings is 2. The molecule has 0 aliphatic rings. The van der Waals surface area contributed by atoms with E-state index in [1.807, 2.05) is 47.2 Å². The minimum atomic E-state index is -0.0286. The minimum absolute atomic E-state index is 0.0286. The Labute approximate surface area is 156 Å². The summed E-state index contributed by atoms with van der Waals surface area (Å²) in [7, 11) is 0. The number of amides is 1. The van der Waals surface area contributed by atoms with Crippen molar-refractivity contribution in [2.24, 2.45) is 0 Å². The highest BCUT2D eigenvalue weighted by Crippen LogP contribution is 2.24. The molecular weight excluding hydrogens is 342 g/mol. The number of rotatable bonds is 4. The quantitative estimate of drug-likeness (QED) is 0.564. The minimum Gasteiger partial charge on any atom is -0.326 e. The summed E-state index contributed by atoms with van der Waals surface area (Å²) in [6.07, 6.45) is 2.32. The van der Waals surface area contributed by atoms with Gasteiger partial charge in [-0.3, -0.25) is 9.20 Å². The van der Waals surface area contributed by atoms with Gasteiger partial charge in [0.15, 0.2) is 4.96 Å². The van der Waals surface area contributed by atoms with E-state index >= 15 is 0 Å². The molecule has 4 nitrogen and oxygen atoms in total. The van der Waals surface area contributed by atoms with Gasteiger partial charge in [-0.2, -0.15) is 0 Å². The Balaban J connectivity index is 1.54. The first-order valence-corrected chi connectivity index (χ1v) is 9.35. The van der Waals surface area contributed by atoms with Gasteiger partial charge in [-0.15, -0.1) is 11.3 Å². The maximum Gasteiger partial charge on any atom is 0.230 e. The van der Waals surface area contributed by atoms with Gasteiger partial charge >= 0.3 is 0 Å². The first-order chi connectivity index (χ1) is 12.6. The van der Waals surface area contributed by atoms with Crippen LogP contribution in [0.15, 0.2) is 60.1 Å². The predicted molar refractivity (Wildman–Crippen MR) is 107 cm³/mol. The maximum absolute atomic E-state index is 12.4. The van der Waals surface area contributed by atoms with Crippen molar-refractivity contribution in [3.63, 3.8) is 0 Å². The molecule has 4 aromatic rings. The van der Waals surface area contributed by atoms with Crippen LogP contribution >= 0.6 is 11.3 Å². The summed E-state index contributed by atoms with van der Waals surface area (Å²) in [5.74, 6) is -0.0286. The average molecular weight is 361 g/mol. The molecule has 1 amide bonds. The van der Waals surface area contributed by atoms with Crippen LogP contribution in [-0.4, -0.2) is 15.3 Å². The second kappa shape index (κ2) is 6.77. The van der Waals surface area contributed by atoms with Crippen molar-refractivity contribution in [1.82, 2.24) is 9.38 Å². The third kappa shape index (κ3) is 3.39. The van der Waals surface area contributed by atoms with Gasteiger partial charge in [-0.05, 0) is 26.0 Å². The fraction of sp³-hybridized carbons (Fsp3) is 0.143. The third-order valence-electron chi connectivity index (χ3n) is 4.31. The standard InChI is InChI=1S/C21H19N3OS/c1-14-3-7-16(8-4-14)19-12-24-18(13-26-21(24)23-19)11-20(25)22-17-9-5-15(2)6-10-17/h3-10,12-13H,11H2,1-2H3,(H,22,25). The summed E-state index contributed by atoms with van der Waals surface area (Å²) >= 11 is 1.55. The number of aryl methyl sites for hydroxylation is 2. The number of imidazole rings is 1. The average Bonchev–Trinajstić information content (AvgIpc) is 3.20. The molecule has 130 valence electrons. The topological polar surface area (TPSA) is 46.4 Å². The molecule has 26 heavy (non-hydrogen) atoms. The molecule has 2 heterocycles. The molecule has 0 saturated heterocycles. The zero-order valence-corrected chi connectivity index (χ0v) is 15.5. The van der Waals surface area contributed by atoms with Gasteiger partial charge in [0, 0.05) is 28.5 Å². The highest BCUT2D eigenvalue weighted by Gasteiger charge is 2.12. The van der Waals surface area contributed by atoms with Gasteiger partial charge < -0.3 is 5.32 Å². The van der Waals surface area contributed by atoms with Crippen LogP contribution in [0.5, 0.6) is 0 Å². The highest BCUT2D eigenvalue weighted by molar-refractivity contribution is 7.15. The molecule has 2 aromatic carbocycles.